The highest BCUT2D eigenvalue weighted by Crippen LogP contribution is 2.28. The summed E-state index contributed by atoms with van der Waals surface area (Å²) in [5.41, 5.74) is 4.87. The van der Waals surface area contributed by atoms with Gasteiger partial charge in [-0.05, 0) is 47.3 Å². The van der Waals surface area contributed by atoms with Crippen molar-refractivity contribution in [3.63, 3.8) is 0 Å². The Hall–Kier alpha value is -2.22. The van der Waals surface area contributed by atoms with Crippen LogP contribution in [-0.2, 0) is 24.3 Å². The van der Waals surface area contributed by atoms with E-state index in [-0.39, 0.29) is 18.9 Å². The Morgan fingerprint density at radius 3 is 2.31 bits per heavy atom. The molecular formula is C25H26Br2N2O3. The number of halogens is 2. The first-order valence-electron chi connectivity index (χ1n) is 10.4. The first kappa shape index (κ1) is 24.4. The van der Waals surface area contributed by atoms with Gasteiger partial charge in [-0.1, -0.05) is 82.5 Å². The summed E-state index contributed by atoms with van der Waals surface area (Å²) in [6, 6.07) is 16.1. The number of H-pyrrole nitrogens is 1. The van der Waals surface area contributed by atoms with Crippen LogP contribution in [0.15, 0.2) is 62.6 Å². The number of ether oxygens (including phenoxy) is 1. The molecule has 0 aliphatic rings. The van der Waals surface area contributed by atoms with Gasteiger partial charge >= 0.3 is 5.69 Å². The Morgan fingerprint density at radius 2 is 1.69 bits per heavy atom. The number of rotatable bonds is 8. The molecule has 0 aliphatic carbocycles. The maximum absolute atomic E-state index is 12.7. The highest BCUT2D eigenvalue weighted by Gasteiger charge is 2.15. The molecule has 0 amide bonds. The summed E-state index contributed by atoms with van der Waals surface area (Å²) in [5, 5.41) is 0. The van der Waals surface area contributed by atoms with Gasteiger partial charge in [0, 0.05) is 26.6 Å². The minimum Gasteiger partial charge on any atom is -0.355 e. The molecular weight excluding hydrogens is 536 g/mol. The zero-order valence-corrected chi connectivity index (χ0v) is 21.5. The minimum atomic E-state index is -0.464. The van der Waals surface area contributed by atoms with E-state index in [4.69, 9.17) is 4.74 Å². The van der Waals surface area contributed by atoms with Gasteiger partial charge < -0.3 is 4.74 Å². The fraction of sp³-hybridized carbons (Fsp3) is 0.280. The summed E-state index contributed by atoms with van der Waals surface area (Å²) in [6.45, 7) is 6.30. The van der Waals surface area contributed by atoms with E-state index < -0.39 is 5.69 Å². The molecule has 1 N–H and O–H groups in total. The number of aryl methyl sites for hydroxylation is 2. The molecule has 0 spiro atoms. The lowest BCUT2D eigenvalue weighted by Crippen LogP contribution is -2.36. The van der Waals surface area contributed by atoms with E-state index in [0.717, 1.165) is 31.2 Å². The van der Waals surface area contributed by atoms with Crippen LogP contribution in [0.1, 0.15) is 40.4 Å². The van der Waals surface area contributed by atoms with Crippen molar-refractivity contribution < 1.29 is 4.74 Å². The van der Waals surface area contributed by atoms with E-state index in [0.29, 0.717) is 24.1 Å². The lowest BCUT2D eigenvalue weighted by Gasteiger charge is -2.17. The highest BCUT2D eigenvalue weighted by molar-refractivity contribution is 9.16. The Labute approximate surface area is 204 Å². The van der Waals surface area contributed by atoms with Gasteiger partial charge in [0.25, 0.3) is 5.56 Å². The van der Waals surface area contributed by atoms with Crippen LogP contribution < -0.4 is 11.2 Å². The average molecular weight is 562 g/mol. The number of hydrogen-bond acceptors (Lipinski definition) is 3. The van der Waals surface area contributed by atoms with Crippen molar-refractivity contribution in [3.8, 4) is 0 Å². The van der Waals surface area contributed by atoms with Gasteiger partial charge in [0.15, 0.2) is 0 Å². The monoisotopic (exact) mass is 560 g/mol. The highest BCUT2D eigenvalue weighted by atomic mass is 79.9. The van der Waals surface area contributed by atoms with Crippen LogP contribution >= 0.6 is 31.9 Å². The van der Waals surface area contributed by atoms with Crippen LogP contribution in [0.2, 0.25) is 0 Å². The summed E-state index contributed by atoms with van der Waals surface area (Å²) >= 11 is 7.16. The Kier molecular flexibility index (Phi) is 8.45. The number of nitrogens with one attached hydrogen (secondary N) is 1. The van der Waals surface area contributed by atoms with Crippen LogP contribution in [0, 0.1) is 13.8 Å². The predicted molar refractivity (Wildman–Crippen MR) is 137 cm³/mol. The van der Waals surface area contributed by atoms with Gasteiger partial charge in [0.1, 0.15) is 6.73 Å². The molecule has 32 heavy (non-hydrogen) atoms. The molecule has 0 fully saturated rings. The first-order chi connectivity index (χ1) is 15.3. The van der Waals surface area contributed by atoms with Crippen molar-refractivity contribution in [2.24, 2.45) is 0 Å². The van der Waals surface area contributed by atoms with Crippen molar-refractivity contribution in [1.29, 1.82) is 0 Å². The van der Waals surface area contributed by atoms with Gasteiger partial charge in [-0.2, -0.15) is 0 Å². The van der Waals surface area contributed by atoms with Crippen molar-refractivity contribution in [1.82, 2.24) is 9.55 Å². The van der Waals surface area contributed by atoms with E-state index in [2.05, 4.69) is 55.0 Å². The molecule has 3 aromatic rings. The van der Waals surface area contributed by atoms with Crippen molar-refractivity contribution in [2.45, 2.75) is 40.3 Å². The van der Waals surface area contributed by atoms with Crippen molar-refractivity contribution in [3.05, 3.63) is 107 Å². The largest absolute Gasteiger partial charge is 0.355 e. The zero-order chi connectivity index (χ0) is 23.3. The Bertz CT molecular complexity index is 1220. The second-order valence-corrected chi connectivity index (χ2v) is 9.45. The topological polar surface area (TPSA) is 64.1 Å². The molecule has 0 unspecified atom stereocenters. The van der Waals surface area contributed by atoms with Crippen molar-refractivity contribution in [2.75, 3.05) is 6.61 Å². The fourth-order valence-electron chi connectivity index (χ4n) is 3.76. The fourth-order valence-corrected chi connectivity index (χ4v) is 4.52. The lowest BCUT2D eigenvalue weighted by atomic mass is 10.0. The standard InChI is InChI=1S/C25H26Br2N2O3/c1-4-20-22(13-18-11-16(2)10-17(3)12-18)29(25(31)28-24(20)30)15-32-14-21(26)23(27)19-8-6-5-7-9-19/h5-12H,4,13-15H2,1-3H3,(H,28,30,31)/b23-21+. The molecule has 3 rings (SSSR count). The summed E-state index contributed by atoms with van der Waals surface area (Å²) in [6.07, 6.45) is 1.01. The average Bonchev–Trinajstić information content (AvgIpc) is 2.75. The van der Waals surface area contributed by atoms with Gasteiger partial charge in [0.2, 0.25) is 0 Å². The second kappa shape index (κ2) is 11.1. The zero-order valence-electron chi connectivity index (χ0n) is 18.4. The smallest absolute Gasteiger partial charge is 0.330 e. The molecule has 0 bridgehead atoms. The van der Waals surface area contributed by atoms with Gasteiger partial charge in [0.05, 0.1) is 6.61 Å². The third-order valence-electron chi connectivity index (χ3n) is 5.14. The molecule has 168 valence electrons. The minimum absolute atomic E-state index is 0.0346. The molecule has 0 radical (unpaired) electrons. The normalized spacial score (nSPS) is 12.0. The third-order valence-corrected chi connectivity index (χ3v) is 7.23. The molecule has 1 aromatic heterocycles. The lowest BCUT2D eigenvalue weighted by molar-refractivity contribution is 0.0932. The van der Waals surface area contributed by atoms with Crippen LogP contribution in [-0.4, -0.2) is 16.2 Å². The van der Waals surface area contributed by atoms with E-state index in [9.17, 15) is 9.59 Å². The van der Waals surface area contributed by atoms with Gasteiger partial charge in [-0.25, -0.2) is 4.79 Å². The van der Waals surface area contributed by atoms with E-state index in [1.54, 1.807) is 0 Å². The Balaban J connectivity index is 1.89. The molecule has 0 aliphatic heterocycles. The summed E-state index contributed by atoms with van der Waals surface area (Å²) in [4.78, 5) is 27.6. The van der Waals surface area contributed by atoms with E-state index in [1.807, 2.05) is 51.1 Å². The predicted octanol–water partition coefficient (Wildman–Crippen LogP) is 5.44. The van der Waals surface area contributed by atoms with Crippen LogP contribution in [0.4, 0.5) is 0 Å². The molecule has 0 saturated heterocycles. The van der Waals surface area contributed by atoms with Crippen LogP contribution in [0.25, 0.3) is 4.48 Å². The molecule has 0 saturated carbocycles. The molecule has 1 heterocycles. The maximum Gasteiger partial charge on any atom is 0.330 e. The van der Waals surface area contributed by atoms with Crippen molar-refractivity contribution >= 4 is 36.3 Å². The number of aromatic amines is 1. The van der Waals surface area contributed by atoms with Crippen LogP contribution in [0.3, 0.4) is 0 Å². The molecule has 2 aromatic carbocycles. The third kappa shape index (κ3) is 5.97. The number of hydrogen-bond donors (Lipinski definition) is 1. The van der Waals surface area contributed by atoms with Crippen LogP contribution in [0.5, 0.6) is 0 Å². The number of aromatic nitrogens is 2. The SMILES string of the molecule is CCc1c(Cc2cc(C)cc(C)c2)n(COC/C(Br)=C(\Br)c2ccccc2)c(=O)[nH]c1=O. The summed E-state index contributed by atoms with van der Waals surface area (Å²) in [7, 11) is 0. The van der Waals surface area contributed by atoms with Gasteiger partial charge in [-0.3, -0.25) is 14.3 Å². The van der Waals surface area contributed by atoms with Gasteiger partial charge in [-0.15, -0.1) is 0 Å². The van der Waals surface area contributed by atoms with E-state index >= 15 is 0 Å². The summed E-state index contributed by atoms with van der Waals surface area (Å²) in [5.74, 6) is 0. The number of benzene rings is 2. The van der Waals surface area contributed by atoms with E-state index in [1.165, 1.54) is 4.57 Å². The first-order valence-corrected chi connectivity index (χ1v) is 12.0. The summed E-state index contributed by atoms with van der Waals surface area (Å²) < 4.78 is 9.11. The molecule has 7 heteroatoms. The maximum atomic E-state index is 12.7. The second-order valence-electron chi connectivity index (χ2n) is 7.70. The Morgan fingerprint density at radius 1 is 1.03 bits per heavy atom. The molecule has 0 atom stereocenters. The number of nitrogens with zero attached hydrogens (tertiary/aromatic N) is 1. The molecule has 5 nitrogen and oxygen atoms in total. The quantitative estimate of drug-likeness (QED) is 0.398.